The lowest BCUT2D eigenvalue weighted by atomic mass is 10.3. The molecule has 0 unspecified atom stereocenters. The minimum Gasteiger partial charge on any atom is -0.421 e. The molecule has 2 heterocycles. The third kappa shape index (κ3) is 3.97. The average Bonchev–Trinajstić information content (AvgIpc) is 3.05. The molecule has 0 saturated carbocycles. The molecule has 0 bridgehead atoms. The Morgan fingerprint density at radius 1 is 1.04 bits per heavy atom. The van der Waals surface area contributed by atoms with Crippen LogP contribution in [-0.2, 0) is 16.4 Å². The molecule has 0 amide bonds. The maximum Gasteiger partial charge on any atom is 0.247 e. The number of rotatable bonds is 6. The molecule has 1 aromatic carbocycles. The van der Waals surface area contributed by atoms with E-state index in [-0.39, 0.29) is 17.9 Å². The van der Waals surface area contributed by atoms with Crippen molar-refractivity contribution in [2.24, 2.45) is 0 Å². The molecular weight excluding hydrogens is 352 g/mol. The van der Waals surface area contributed by atoms with Crippen LogP contribution < -0.4 is 4.72 Å². The summed E-state index contributed by atoms with van der Waals surface area (Å²) in [6.45, 7) is 0.142. The fourth-order valence-electron chi connectivity index (χ4n) is 1.96. The SMILES string of the molecule is O=S(=O)(NCCc1nnc(-c2ccncc2)o1)c1ccc(Cl)cc1. The van der Waals surface area contributed by atoms with Crippen LogP contribution in [0.1, 0.15) is 5.89 Å². The quantitative estimate of drug-likeness (QED) is 0.720. The minimum absolute atomic E-state index is 0.142. The highest BCUT2D eigenvalue weighted by Crippen LogP contribution is 2.17. The fraction of sp³-hybridized carbons (Fsp3) is 0.133. The number of hydrogen-bond acceptors (Lipinski definition) is 6. The molecule has 0 spiro atoms. The Bertz CT molecular complexity index is 911. The number of sulfonamides is 1. The Kier molecular flexibility index (Phi) is 4.89. The molecule has 0 fully saturated rings. The van der Waals surface area contributed by atoms with Crippen LogP contribution in [0.5, 0.6) is 0 Å². The van der Waals surface area contributed by atoms with Crippen molar-refractivity contribution in [3.63, 3.8) is 0 Å². The maximum absolute atomic E-state index is 12.1. The maximum atomic E-state index is 12.1. The first kappa shape index (κ1) is 16.6. The van der Waals surface area contributed by atoms with E-state index in [1.165, 1.54) is 24.3 Å². The molecule has 3 rings (SSSR count). The van der Waals surface area contributed by atoms with Gasteiger partial charge in [-0.3, -0.25) is 4.98 Å². The van der Waals surface area contributed by atoms with E-state index in [0.717, 1.165) is 5.56 Å². The molecule has 0 atom stereocenters. The summed E-state index contributed by atoms with van der Waals surface area (Å²) >= 11 is 5.75. The molecule has 3 aromatic rings. The third-order valence-electron chi connectivity index (χ3n) is 3.15. The highest BCUT2D eigenvalue weighted by molar-refractivity contribution is 7.89. The van der Waals surface area contributed by atoms with Gasteiger partial charge in [-0.1, -0.05) is 11.6 Å². The topological polar surface area (TPSA) is 98.0 Å². The largest absolute Gasteiger partial charge is 0.421 e. The predicted octanol–water partition coefficient (Wildman–Crippen LogP) is 2.31. The monoisotopic (exact) mass is 364 g/mol. The number of hydrogen-bond donors (Lipinski definition) is 1. The number of nitrogens with one attached hydrogen (secondary N) is 1. The van der Waals surface area contributed by atoms with Gasteiger partial charge in [0, 0.05) is 35.9 Å². The smallest absolute Gasteiger partial charge is 0.247 e. The van der Waals surface area contributed by atoms with Crippen molar-refractivity contribution in [3.05, 3.63) is 59.7 Å². The molecule has 0 aliphatic carbocycles. The van der Waals surface area contributed by atoms with E-state index in [1.54, 1.807) is 24.5 Å². The molecule has 124 valence electrons. The Morgan fingerprint density at radius 2 is 1.75 bits per heavy atom. The first-order chi connectivity index (χ1) is 11.5. The first-order valence-electron chi connectivity index (χ1n) is 7.02. The molecule has 9 heteroatoms. The van der Waals surface area contributed by atoms with Gasteiger partial charge in [0.05, 0.1) is 4.90 Å². The molecule has 2 aromatic heterocycles. The number of benzene rings is 1. The number of halogens is 1. The van der Waals surface area contributed by atoms with E-state index in [0.29, 0.717) is 16.8 Å². The summed E-state index contributed by atoms with van der Waals surface area (Å²) in [5, 5.41) is 8.32. The Hall–Kier alpha value is -2.29. The van der Waals surface area contributed by atoms with E-state index in [2.05, 4.69) is 19.9 Å². The van der Waals surface area contributed by atoms with Gasteiger partial charge < -0.3 is 4.42 Å². The van der Waals surface area contributed by atoms with Crippen LogP contribution >= 0.6 is 11.6 Å². The second kappa shape index (κ2) is 7.08. The van der Waals surface area contributed by atoms with Crippen LogP contribution in [0.4, 0.5) is 0 Å². The Morgan fingerprint density at radius 3 is 2.46 bits per heavy atom. The summed E-state index contributed by atoms with van der Waals surface area (Å²) in [4.78, 5) is 4.06. The average molecular weight is 365 g/mol. The highest BCUT2D eigenvalue weighted by atomic mass is 35.5. The highest BCUT2D eigenvalue weighted by Gasteiger charge is 2.14. The molecule has 0 aliphatic heterocycles. The molecule has 0 saturated heterocycles. The summed E-state index contributed by atoms with van der Waals surface area (Å²) in [7, 11) is -3.60. The summed E-state index contributed by atoms with van der Waals surface area (Å²) in [5.74, 6) is 0.716. The summed E-state index contributed by atoms with van der Waals surface area (Å²) in [5.41, 5.74) is 0.755. The lowest BCUT2D eigenvalue weighted by Gasteiger charge is -2.05. The number of nitrogens with zero attached hydrogens (tertiary/aromatic N) is 3. The molecular formula is C15H13ClN4O3S. The van der Waals surface area contributed by atoms with E-state index >= 15 is 0 Å². The second-order valence-electron chi connectivity index (χ2n) is 4.84. The summed E-state index contributed by atoms with van der Waals surface area (Å²) in [6, 6.07) is 9.43. The standard InChI is InChI=1S/C15H13ClN4O3S/c16-12-1-3-13(4-2-12)24(21,22)18-10-7-14-19-20-15(23-14)11-5-8-17-9-6-11/h1-6,8-9,18H,7,10H2. The van der Waals surface area contributed by atoms with Crippen molar-refractivity contribution in [2.75, 3.05) is 6.54 Å². The van der Waals surface area contributed by atoms with Gasteiger partial charge in [0.15, 0.2) is 0 Å². The van der Waals surface area contributed by atoms with Gasteiger partial charge in [-0.25, -0.2) is 13.1 Å². The van der Waals surface area contributed by atoms with Crippen molar-refractivity contribution in [1.29, 1.82) is 0 Å². The van der Waals surface area contributed by atoms with Crippen LogP contribution in [0.2, 0.25) is 5.02 Å². The zero-order valence-electron chi connectivity index (χ0n) is 12.4. The molecule has 1 N–H and O–H groups in total. The number of aromatic nitrogens is 3. The van der Waals surface area contributed by atoms with Crippen LogP contribution in [-0.4, -0.2) is 30.1 Å². The lowest BCUT2D eigenvalue weighted by molar-refractivity contribution is 0.502. The zero-order valence-corrected chi connectivity index (χ0v) is 14.0. The van der Waals surface area contributed by atoms with Gasteiger partial charge in [0.1, 0.15) is 0 Å². The molecule has 0 radical (unpaired) electrons. The Balaban J connectivity index is 1.60. The van der Waals surface area contributed by atoms with Crippen LogP contribution in [0.3, 0.4) is 0 Å². The van der Waals surface area contributed by atoms with Crippen molar-refractivity contribution in [1.82, 2.24) is 19.9 Å². The van der Waals surface area contributed by atoms with Crippen molar-refractivity contribution in [3.8, 4) is 11.5 Å². The van der Waals surface area contributed by atoms with E-state index in [4.69, 9.17) is 16.0 Å². The van der Waals surface area contributed by atoms with Crippen LogP contribution in [0, 0.1) is 0 Å². The first-order valence-corrected chi connectivity index (χ1v) is 8.89. The van der Waals surface area contributed by atoms with Crippen LogP contribution in [0.15, 0.2) is 58.1 Å². The van der Waals surface area contributed by atoms with Crippen molar-refractivity contribution in [2.45, 2.75) is 11.3 Å². The molecule has 0 aliphatic rings. The minimum atomic E-state index is -3.60. The number of pyridine rings is 1. The van der Waals surface area contributed by atoms with Gasteiger partial charge in [-0.05, 0) is 36.4 Å². The van der Waals surface area contributed by atoms with E-state index in [9.17, 15) is 8.42 Å². The van der Waals surface area contributed by atoms with Gasteiger partial charge in [0.25, 0.3) is 0 Å². The zero-order chi connectivity index (χ0) is 17.0. The fourth-order valence-corrected chi connectivity index (χ4v) is 3.11. The second-order valence-corrected chi connectivity index (χ2v) is 7.04. The predicted molar refractivity (Wildman–Crippen MR) is 87.9 cm³/mol. The van der Waals surface area contributed by atoms with Crippen molar-refractivity contribution >= 4 is 21.6 Å². The Labute approximate surface area is 143 Å². The molecule has 7 nitrogen and oxygen atoms in total. The van der Waals surface area contributed by atoms with Gasteiger partial charge in [-0.2, -0.15) is 0 Å². The summed E-state index contributed by atoms with van der Waals surface area (Å²) in [6.07, 6.45) is 3.53. The van der Waals surface area contributed by atoms with E-state index < -0.39 is 10.0 Å². The van der Waals surface area contributed by atoms with Gasteiger partial charge in [-0.15, -0.1) is 10.2 Å². The van der Waals surface area contributed by atoms with Crippen LogP contribution in [0.25, 0.3) is 11.5 Å². The molecule has 24 heavy (non-hydrogen) atoms. The lowest BCUT2D eigenvalue weighted by Crippen LogP contribution is -2.26. The van der Waals surface area contributed by atoms with Gasteiger partial charge in [0.2, 0.25) is 21.8 Å². The normalized spacial score (nSPS) is 11.5. The van der Waals surface area contributed by atoms with Gasteiger partial charge >= 0.3 is 0 Å². The van der Waals surface area contributed by atoms with Crippen molar-refractivity contribution < 1.29 is 12.8 Å². The summed E-state index contributed by atoms with van der Waals surface area (Å²) < 4.78 is 32.3. The third-order valence-corrected chi connectivity index (χ3v) is 4.88. The van der Waals surface area contributed by atoms with E-state index in [1.807, 2.05) is 0 Å².